The van der Waals surface area contributed by atoms with Crippen LogP contribution in [0.1, 0.15) is 19.8 Å². The van der Waals surface area contributed by atoms with Crippen molar-refractivity contribution < 1.29 is 14.2 Å². The van der Waals surface area contributed by atoms with Gasteiger partial charge in [0.1, 0.15) is 23.8 Å². The van der Waals surface area contributed by atoms with E-state index in [-0.39, 0.29) is 11.9 Å². The molecule has 0 unspecified atom stereocenters. The van der Waals surface area contributed by atoms with E-state index in [1.54, 1.807) is 12.1 Å². The lowest BCUT2D eigenvalue weighted by molar-refractivity contribution is 0.0732. The van der Waals surface area contributed by atoms with Gasteiger partial charge in [0.15, 0.2) is 0 Å². The van der Waals surface area contributed by atoms with Crippen molar-refractivity contribution in [2.24, 2.45) is 0 Å². The molecule has 1 aromatic rings. The maximum Gasteiger partial charge on any atom is 0.138 e. The van der Waals surface area contributed by atoms with Crippen LogP contribution in [0.25, 0.3) is 0 Å². The third kappa shape index (κ3) is 3.59. The third-order valence-corrected chi connectivity index (χ3v) is 4.87. The van der Waals surface area contributed by atoms with Gasteiger partial charge in [0.05, 0.1) is 0 Å². The molecule has 2 saturated heterocycles. The Morgan fingerprint density at radius 3 is 2.73 bits per heavy atom. The molecule has 3 rings (SSSR count). The lowest BCUT2D eigenvalue weighted by atomic mass is 10.0. The van der Waals surface area contributed by atoms with Crippen LogP contribution in [0.5, 0.6) is 5.75 Å². The average molecular weight is 308 g/mol. The van der Waals surface area contributed by atoms with Gasteiger partial charge in [0, 0.05) is 25.2 Å². The molecule has 0 aromatic heterocycles. The number of halogens is 1. The van der Waals surface area contributed by atoms with Crippen molar-refractivity contribution in [1.82, 2.24) is 9.80 Å². The van der Waals surface area contributed by atoms with Crippen molar-refractivity contribution in [3.63, 3.8) is 0 Å². The molecule has 2 atom stereocenters. The molecular formula is C17H25FN2O2. The predicted octanol–water partition coefficient (Wildman–Crippen LogP) is 1.73. The maximum absolute atomic E-state index is 13.2. The van der Waals surface area contributed by atoms with Crippen LogP contribution in [0, 0.1) is 5.82 Å². The number of nitrogens with zero attached hydrogens (tertiary/aromatic N) is 2. The SMILES string of the molecule is CCN1CCC(N2C[C@@H](O)[C@H](Oc3cccc(F)c3)C2)CC1. The zero-order chi connectivity index (χ0) is 15.5. The summed E-state index contributed by atoms with van der Waals surface area (Å²) in [5.41, 5.74) is 0. The van der Waals surface area contributed by atoms with Crippen LogP contribution in [0.4, 0.5) is 4.39 Å². The topological polar surface area (TPSA) is 35.9 Å². The summed E-state index contributed by atoms with van der Waals surface area (Å²) in [6.07, 6.45) is 1.51. The Morgan fingerprint density at radius 2 is 2.05 bits per heavy atom. The van der Waals surface area contributed by atoms with E-state index in [4.69, 9.17) is 4.74 Å². The monoisotopic (exact) mass is 308 g/mol. The summed E-state index contributed by atoms with van der Waals surface area (Å²) in [6.45, 7) is 6.93. The van der Waals surface area contributed by atoms with E-state index < -0.39 is 6.10 Å². The summed E-state index contributed by atoms with van der Waals surface area (Å²) in [6, 6.07) is 6.65. The lowest BCUT2D eigenvalue weighted by Crippen LogP contribution is -2.44. The Hall–Kier alpha value is -1.17. The molecule has 4 nitrogen and oxygen atoms in total. The zero-order valence-electron chi connectivity index (χ0n) is 13.1. The number of rotatable bonds is 4. The van der Waals surface area contributed by atoms with E-state index in [9.17, 15) is 9.50 Å². The van der Waals surface area contributed by atoms with Crippen molar-refractivity contribution >= 4 is 0 Å². The van der Waals surface area contributed by atoms with E-state index in [0.717, 1.165) is 32.5 Å². The van der Waals surface area contributed by atoms with Crippen LogP contribution < -0.4 is 4.74 Å². The van der Waals surface area contributed by atoms with Crippen molar-refractivity contribution in [2.75, 3.05) is 32.7 Å². The minimum absolute atomic E-state index is 0.272. The minimum atomic E-state index is -0.507. The highest BCUT2D eigenvalue weighted by Gasteiger charge is 2.37. The molecule has 2 aliphatic rings. The molecular weight excluding hydrogens is 283 g/mol. The fraction of sp³-hybridized carbons (Fsp3) is 0.647. The van der Waals surface area contributed by atoms with Crippen LogP contribution in [0.15, 0.2) is 24.3 Å². The number of hydrogen-bond donors (Lipinski definition) is 1. The first-order valence-corrected chi connectivity index (χ1v) is 8.22. The number of benzene rings is 1. The maximum atomic E-state index is 13.2. The molecule has 2 heterocycles. The fourth-order valence-corrected chi connectivity index (χ4v) is 3.51. The number of likely N-dealkylation sites (tertiary alicyclic amines) is 2. The van der Waals surface area contributed by atoms with E-state index >= 15 is 0 Å². The lowest BCUT2D eigenvalue weighted by Gasteiger charge is -2.36. The number of β-amino-alcohol motifs (C(OH)–C–C–N with tert-alkyl or cyclic N) is 1. The van der Waals surface area contributed by atoms with Gasteiger partial charge >= 0.3 is 0 Å². The van der Waals surface area contributed by atoms with Crippen LogP contribution >= 0.6 is 0 Å². The number of hydrogen-bond acceptors (Lipinski definition) is 4. The minimum Gasteiger partial charge on any atom is -0.486 e. The van der Waals surface area contributed by atoms with Gasteiger partial charge in [-0.2, -0.15) is 0 Å². The Balaban J connectivity index is 1.55. The first-order valence-electron chi connectivity index (χ1n) is 8.22. The summed E-state index contributed by atoms with van der Waals surface area (Å²) in [4.78, 5) is 4.80. The molecule has 2 fully saturated rings. The largest absolute Gasteiger partial charge is 0.486 e. The third-order valence-electron chi connectivity index (χ3n) is 4.87. The normalized spacial score (nSPS) is 28.1. The van der Waals surface area contributed by atoms with Gasteiger partial charge < -0.3 is 14.7 Å². The van der Waals surface area contributed by atoms with Crippen LogP contribution in [-0.4, -0.2) is 65.9 Å². The summed E-state index contributed by atoms with van der Waals surface area (Å²) in [5.74, 6) is 0.181. The molecule has 0 radical (unpaired) electrons. The van der Waals surface area contributed by atoms with E-state index in [2.05, 4.69) is 16.7 Å². The molecule has 2 aliphatic heterocycles. The Morgan fingerprint density at radius 1 is 1.27 bits per heavy atom. The standard InChI is InChI=1S/C17H25FN2O2/c1-2-19-8-6-14(7-9-19)20-11-16(21)17(12-20)22-15-5-3-4-13(18)10-15/h3-5,10,14,16-17,21H,2,6-9,11-12H2,1H3/t16-,17-/m1/s1. The predicted molar refractivity (Wildman–Crippen MR) is 83.5 cm³/mol. The van der Waals surface area contributed by atoms with Gasteiger partial charge in [0.2, 0.25) is 0 Å². The number of aliphatic hydroxyl groups is 1. The van der Waals surface area contributed by atoms with Crippen molar-refractivity contribution in [1.29, 1.82) is 0 Å². The molecule has 0 spiro atoms. The Labute approximate surface area is 131 Å². The summed E-state index contributed by atoms with van der Waals surface area (Å²) >= 11 is 0. The molecule has 0 aliphatic carbocycles. The van der Waals surface area contributed by atoms with Crippen LogP contribution in [0.3, 0.4) is 0 Å². The number of aliphatic hydroxyl groups excluding tert-OH is 1. The van der Waals surface area contributed by atoms with E-state index in [1.807, 2.05) is 0 Å². The highest BCUT2D eigenvalue weighted by atomic mass is 19.1. The molecule has 1 N–H and O–H groups in total. The van der Waals surface area contributed by atoms with Gasteiger partial charge in [-0.3, -0.25) is 4.90 Å². The second-order valence-corrected chi connectivity index (χ2v) is 6.30. The quantitative estimate of drug-likeness (QED) is 0.919. The summed E-state index contributed by atoms with van der Waals surface area (Å²) < 4.78 is 19.0. The van der Waals surface area contributed by atoms with Gasteiger partial charge in [-0.15, -0.1) is 0 Å². The smallest absolute Gasteiger partial charge is 0.138 e. The van der Waals surface area contributed by atoms with Crippen molar-refractivity contribution in [2.45, 2.75) is 38.0 Å². The van der Waals surface area contributed by atoms with E-state index in [0.29, 0.717) is 24.9 Å². The van der Waals surface area contributed by atoms with Crippen molar-refractivity contribution in [3.05, 3.63) is 30.1 Å². The summed E-state index contributed by atoms with van der Waals surface area (Å²) in [7, 11) is 0. The highest BCUT2D eigenvalue weighted by Crippen LogP contribution is 2.24. The van der Waals surface area contributed by atoms with Gasteiger partial charge in [-0.05, 0) is 44.6 Å². The molecule has 0 bridgehead atoms. The van der Waals surface area contributed by atoms with Gasteiger partial charge in [-0.25, -0.2) is 4.39 Å². The Bertz CT molecular complexity index is 491. The van der Waals surface area contributed by atoms with Crippen molar-refractivity contribution in [3.8, 4) is 5.75 Å². The molecule has 5 heteroatoms. The van der Waals surface area contributed by atoms with Crippen LogP contribution in [-0.2, 0) is 0 Å². The number of ether oxygens (including phenoxy) is 1. The van der Waals surface area contributed by atoms with Gasteiger partial charge in [0.25, 0.3) is 0 Å². The molecule has 22 heavy (non-hydrogen) atoms. The second-order valence-electron chi connectivity index (χ2n) is 6.30. The second kappa shape index (κ2) is 6.94. The first-order chi connectivity index (χ1) is 10.7. The highest BCUT2D eigenvalue weighted by molar-refractivity contribution is 5.23. The fourth-order valence-electron chi connectivity index (χ4n) is 3.51. The Kier molecular flexibility index (Phi) is 4.96. The van der Waals surface area contributed by atoms with Crippen LogP contribution in [0.2, 0.25) is 0 Å². The number of piperidine rings is 1. The van der Waals surface area contributed by atoms with E-state index in [1.165, 1.54) is 12.1 Å². The summed E-state index contributed by atoms with van der Waals surface area (Å²) in [5, 5.41) is 10.2. The first kappa shape index (κ1) is 15.7. The zero-order valence-corrected chi connectivity index (χ0v) is 13.1. The molecule has 122 valence electrons. The average Bonchev–Trinajstić information content (AvgIpc) is 2.88. The molecule has 0 saturated carbocycles. The van der Waals surface area contributed by atoms with Gasteiger partial charge in [-0.1, -0.05) is 13.0 Å². The molecule has 1 aromatic carbocycles. The molecule has 0 amide bonds.